The van der Waals surface area contributed by atoms with Gasteiger partial charge in [-0.25, -0.2) is 0 Å². The molecule has 0 bridgehead atoms. The van der Waals surface area contributed by atoms with E-state index in [0.29, 0.717) is 18.4 Å². The summed E-state index contributed by atoms with van der Waals surface area (Å²) in [6.07, 6.45) is 2.74. The summed E-state index contributed by atoms with van der Waals surface area (Å²) in [4.78, 5) is 17.2. The van der Waals surface area contributed by atoms with E-state index < -0.39 is 0 Å². The molecule has 0 aliphatic carbocycles. The second kappa shape index (κ2) is 6.78. The Balaban J connectivity index is 1.37. The molecule has 0 N–H and O–H groups in total. The van der Waals surface area contributed by atoms with E-state index in [0.717, 1.165) is 39.0 Å². The molecule has 3 heteroatoms. The van der Waals surface area contributed by atoms with Crippen molar-refractivity contribution in [2.75, 3.05) is 13.1 Å². The van der Waals surface area contributed by atoms with Crippen LogP contribution in [0.15, 0.2) is 54.6 Å². The number of benzene rings is 2. The molecule has 0 atom stereocenters. The van der Waals surface area contributed by atoms with E-state index in [-0.39, 0.29) is 0 Å². The zero-order chi connectivity index (χ0) is 16.4. The van der Waals surface area contributed by atoms with Gasteiger partial charge >= 0.3 is 0 Å². The molecule has 0 radical (unpaired) electrons. The molecule has 2 heterocycles. The largest absolute Gasteiger partial charge is 0.335 e. The van der Waals surface area contributed by atoms with Crippen LogP contribution in [0.1, 0.15) is 29.5 Å². The first kappa shape index (κ1) is 15.4. The van der Waals surface area contributed by atoms with Gasteiger partial charge in [-0.1, -0.05) is 54.6 Å². The number of rotatable bonds is 3. The summed E-state index contributed by atoms with van der Waals surface area (Å²) in [6.45, 7) is 3.96. The minimum Gasteiger partial charge on any atom is -0.335 e. The first-order chi connectivity index (χ1) is 11.8. The molecule has 2 aromatic rings. The van der Waals surface area contributed by atoms with Crippen LogP contribution in [0.25, 0.3) is 0 Å². The molecule has 0 saturated carbocycles. The lowest BCUT2D eigenvalue weighted by Gasteiger charge is -2.40. The average Bonchev–Trinajstić information content (AvgIpc) is 2.63. The Bertz CT molecular complexity index is 705. The van der Waals surface area contributed by atoms with Gasteiger partial charge in [-0.2, -0.15) is 0 Å². The van der Waals surface area contributed by atoms with Gasteiger partial charge in [-0.05, 0) is 29.5 Å². The maximum absolute atomic E-state index is 12.5. The molecule has 0 spiro atoms. The highest BCUT2D eigenvalue weighted by Crippen LogP contribution is 2.26. The zero-order valence-electron chi connectivity index (χ0n) is 14.0. The molecule has 1 amide bonds. The van der Waals surface area contributed by atoms with Gasteiger partial charge in [0.15, 0.2) is 0 Å². The Morgan fingerprint density at radius 3 is 2.29 bits per heavy atom. The quantitative estimate of drug-likeness (QED) is 0.867. The maximum Gasteiger partial charge on any atom is 0.227 e. The van der Waals surface area contributed by atoms with Crippen LogP contribution in [0.3, 0.4) is 0 Å². The third kappa shape index (κ3) is 3.22. The molecule has 2 aliphatic heterocycles. The van der Waals surface area contributed by atoms with Crippen molar-refractivity contribution < 1.29 is 4.79 Å². The summed E-state index contributed by atoms with van der Waals surface area (Å²) in [5.74, 6) is 0.301. The van der Waals surface area contributed by atoms with E-state index in [9.17, 15) is 4.79 Å². The molecule has 1 saturated heterocycles. The lowest BCUT2D eigenvalue weighted by atomic mass is 9.95. The minimum absolute atomic E-state index is 0.301. The van der Waals surface area contributed by atoms with Crippen LogP contribution in [0.4, 0.5) is 0 Å². The predicted octanol–water partition coefficient (Wildman–Crippen LogP) is 3.24. The topological polar surface area (TPSA) is 23.6 Å². The van der Waals surface area contributed by atoms with Crippen molar-refractivity contribution in [1.82, 2.24) is 9.80 Å². The van der Waals surface area contributed by atoms with Crippen molar-refractivity contribution in [3.05, 3.63) is 71.3 Å². The van der Waals surface area contributed by atoms with E-state index in [1.807, 2.05) is 6.07 Å². The lowest BCUT2D eigenvalue weighted by Crippen LogP contribution is -2.48. The standard InChI is InChI=1S/C21H24N2O/c24-21-14-18-8-4-5-9-19(18)16-23(21)20-10-12-22(13-11-20)15-17-6-2-1-3-7-17/h1-9,20H,10-16H2. The summed E-state index contributed by atoms with van der Waals surface area (Å²) in [5, 5.41) is 0. The van der Waals surface area contributed by atoms with E-state index in [2.05, 4.69) is 58.3 Å². The van der Waals surface area contributed by atoms with Gasteiger partial charge in [0.1, 0.15) is 0 Å². The lowest BCUT2D eigenvalue weighted by molar-refractivity contribution is -0.135. The molecule has 4 rings (SSSR count). The molecular formula is C21H24N2O. The molecule has 124 valence electrons. The van der Waals surface area contributed by atoms with E-state index in [1.54, 1.807) is 0 Å². The Labute approximate surface area is 143 Å². The Hall–Kier alpha value is -2.13. The fourth-order valence-electron chi connectivity index (χ4n) is 3.98. The van der Waals surface area contributed by atoms with Gasteiger partial charge < -0.3 is 4.90 Å². The Morgan fingerprint density at radius 1 is 0.875 bits per heavy atom. The van der Waals surface area contributed by atoms with Crippen LogP contribution in [-0.4, -0.2) is 34.8 Å². The molecule has 24 heavy (non-hydrogen) atoms. The van der Waals surface area contributed by atoms with Crippen LogP contribution in [0.5, 0.6) is 0 Å². The number of hydrogen-bond acceptors (Lipinski definition) is 2. The highest BCUT2D eigenvalue weighted by molar-refractivity contribution is 5.81. The molecular weight excluding hydrogens is 296 g/mol. The van der Waals surface area contributed by atoms with Gasteiger partial charge in [0.05, 0.1) is 6.42 Å². The van der Waals surface area contributed by atoms with Crippen LogP contribution in [-0.2, 0) is 24.3 Å². The molecule has 2 aliphatic rings. The van der Waals surface area contributed by atoms with Gasteiger partial charge in [-0.15, -0.1) is 0 Å². The molecule has 0 aromatic heterocycles. The normalized spacial score (nSPS) is 19.3. The summed E-state index contributed by atoms with van der Waals surface area (Å²) in [6, 6.07) is 19.4. The zero-order valence-corrected chi connectivity index (χ0v) is 14.0. The number of likely N-dealkylation sites (tertiary alicyclic amines) is 1. The number of fused-ring (bicyclic) bond motifs is 1. The van der Waals surface area contributed by atoms with E-state index in [1.165, 1.54) is 16.7 Å². The Morgan fingerprint density at radius 2 is 1.54 bits per heavy atom. The first-order valence-electron chi connectivity index (χ1n) is 8.92. The van der Waals surface area contributed by atoms with Crippen molar-refractivity contribution >= 4 is 5.91 Å². The smallest absolute Gasteiger partial charge is 0.227 e. The summed E-state index contributed by atoms with van der Waals surface area (Å²) in [7, 11) is 0. The molecule has 2 aromatic carbocycles. The first-order valence-corrected chi connectivity index (χ1v) is 8.92. The van der Waals surface area contributed by atoms with Crippen molar-refractivity contribution in [3.63, 3.8) is 0 Å². The molecule has 3 nitrogen and oxygen atoms in total. The van der Waals surface area contributed by atoms with Crippen molar-refractivity contribution in [2.24, 2.45) is 0 Å². The van der Waals surface area contributed by atoms with Crippen LogP contribution in [0.2, 0.25) is 0 Å². The van der Waals surface area contributed by atoms with Gasteiger partial charge in [0, 0.05) is 32.2 Å². The fourth-order valence-corrected chi connectivity index (χ4v) is 3.98. The number of carbonyl (C=O) groups excluding carboxylic acids is 1. The molecule has 0 unspecified atom stereocenters. The molecule has 1 fully saturated rings. The Kier molecular flexibility index (Phi) is 4.35. The van der Waals surface area contributed by atoms with Gasteiger partial charge in [0.2, 0.25) is 5.91 Å². The summed E-state index contributed by atoms with van der Waals surface area (Å²) in [5.41, 5.74) is 3.91. The third-order valence-corrected chi connectivity index (χ3v) is 5.37. The number of nitrogens with zero attached hydrogens (tertiary/aromatic N) is 2. The second-order valence-electron chi connectivity index (χ2n) is 6.96. The van der Waals surface area contributed by atoms with E-state index in [4.69, 9.17) is 0 Å². The van der Waals surface area contributed by atoms with Crippen LogP contribution in [0, 0.1) is 0 Å². The minimum atomic E-state index is 0.301. The van der Waals surface area contributed by atoms with Crippen molar-refractivity contribution in [3.8, 4) is 0 Å². The predicted molar refractivity (Wildman–Crippen MR) is 95.4 cm³/mol. The number of carbonyl (C=O) groups is 1. The van der Waals surface area contributed by atoms with E-state index >= 15 is 0 Å². The number of piperidine rings is 1. The van der Waals surface area contributed by atoms with Crippen molar-refractivity contribution in [2.45, 2.75) is 38.4 Å². The highest BCUT2D eigenvalue weighted by atomic mass is 16.2. The second-order valence-corrected chi connectivity index (χ2v) is 6.96. The number of amides is 1. The summed E-state index contributed by atoms with van der Waals surface area (Å²) < 4.78 is 0. The van der Waals surface area contributed by atoms with Crippen molar-refractivity contribution in [1.29, 1.82) is 0 Å². The fraction of sp³-hybridized carbons (Fsp3) is 0.381. The SMILES string of the molecule is O=C1Cc2ccccc2CN1C1CCN(Cc2ccccc2)CC1. The monoisotopic (exact) mass is 320 g/mol. The maximum atomic E-state index is 12.5. The van der Waals surface area contributed by atoms with Crippen LogP contribution >= 0.6 is 0 Å². The highest BCUT2D eigenvalue weighted by Gasteiger charge is 2.31. The van der Waals surface area contributed by atoms with Gasteiger partial charge in [0.25, 0.3) is 0 Å². The third-order valence-electron chi connectivity index (χ3n) is 5.37. The number of hydrogen-bond donors (Lipinski definition) is 0. The summed E-state index contributed by atoms with van der Waals surface area (Å²) >= 11 is 0. The van der Waals surface area contributed by atoms with Gasteiger partial charge in [-0.3, -0.25) is 9.69 Å². The average molecular weight is 320 g/mol. The van der Waals surface area contributed by atoms with Crippen LogP contribution < -0.4 is 0 Å².